The predicted octanol–water partition coefficient (Wildman–Crippen LogP) is 7.56. The molecule has 4 rings (SSSR count). The summed E-state index contributed by atoms with van der Waals surface area (Å²) in [7, 11) is 0. The second-order valence-electron chi connectivity index (χ2n) is 7.17. The number of hydrogen-bond donors (Lipinski definition) is 0. The van der Waals surface area contributed by atoms with E-state index in [0.717, 1.165) is 34.5 Å². The van der Waals surface area contributed by atoms with Gasteiger partial charge in [-0.25, -0.2) is 0 Å². The Hall–Kier alpha value is -3.17. The number of carbonyl (C=O) groups excluding carboxylic acids is 1. The maximum Gasteiger partial charge on any atom is 0.263 e. The quantitative estimate of drug-likeness (QED) is 0.320. The summed E-state index contributed by atoms with van der Waals surface area (Å²) in [5, 5.41) is 5.26. The number of fused-ring (bicyclic) bond motifs is 1. The number of thiophene rings is 1. The molecular formula is C27H25NOS. The van der Waals surface area contributed by atoms with E-state index in [9.17, 15) is 4.79 Å². The third kappa shape index (κ3) is 3.94. The van der Waals surface area contributed by atoms with Crippen LogP contribution in [0.3, 0.4) is 0 Å². The number of benzene rings is 3. The van der Waals surface area contributed by atoms with Crippen LogP contribution in [0, 0.1) is 0 Å². The van der Waals surface area contributed by atoms with E-state index in [1.807, 2.05) is 52.7 Å². The molecule has 30 heavy (non-hydrogen) atoms. The van der Waals surface area contributed by atoms with Crippen LogP contribution in [-0.2, 0) is 6.42 Å². The molecule has 0 spiro atoms. The Morgan fingerprint density at radius 3 is 2.37 bits per heavy atom. The highest BCUT2D eigenvalue weighted by molar-refractivity contribution is 7.14. The minimum Gasteiger partial charge on any atom is -0.268 e. The fourth-order valence-corrected chi connectivity index (χ4v) is 4.44. The third-order valence-electron chi connectivity index (χ3n) is 5.24. The molecular weight excluding hydrogens is 386 g/mol. The first-order valence-corrected chi connectivity index (χ1v) is 11.3. The Bertz CT molecular complexity index is 1170. The normalized spacial score (nSPS) is 11.6. The number of amides is 1. The van der Waals surface area contributed by atoms with Gasteiger partial charge in [-0.3, -0.25) is 9.69 Å². The van der Waals surface area contributed by atoms with Crippen molar-refractivity contribution in [1.82, 2.24) is 0 Å². The lowest BCUT2D eigenvalue weighted by Crippen LogP contribution is -2.29. The Morgan fingerprint density at radius 1 is 0.900 bits per heavy atom. The van der Waals surface area contributed by atoms with Gasteiger partial charge < -0.3 is 0 Å². The average molecular weight is 412 g/mol. The van der Waals surface area contributed by atoms with E-state index >= 15 is 0 Å². The van der Waals surface area contributed by atoms with Gasteiger partial charge in [0.15, 0.2) is 0 Å². The van der Waals surface area contributed by atoms with Crippen LogP contribution in [0.4, 0.5) is 5.00 Å². The third-order valence-corrected chi connectivity index (χ3v) is 6.10. The minimum absolute atomic E-state index is 0.00672. The molecule has 4 aromatic rings. The molecule has 0 saturated carbocycles. The van der Waals surface area contributed by atoms with Crippen LogP contribution in [0.5, 0.6) is 0 Å². The predicted molar refractivity (Wildman–Crippen MR) is 129 cm³/mol. The summed E-state index contributed by atoms with van der Waals surface area (Å²) < 4.78 is 0. The summed E-state index contributed by atoms with van der Waals surface area (Å²) in [6.45, 7) is 4.23. The molecule has 150 valence electrons. The molecule has 3 heteroatoms. The summed E-state index contributed by atoms with van der Waals surface area (Å²) in [6.07, 6.45) is 3.95. The molecule has 0 unspecified atom stereocenters. The van der Waals surface area contributed by atoms with Crippen molar-refractivity contribution < 1.29 is 4.79 Å². The van der Waals surface area contributed by atoms with Crippen molar-refractivity contribution in [2.24, 2.45) is 0 Å². The largest absolute Gasteiger partial charge is 0.268 e. The maximum atomic E-state index is 13.8. The van der Waals surface area contributed by atoms with Gasteiger partial charge in [0.2, 0.25) is 0 Å². The first-order valence-electron chi connectivity index (χ1n) is 10.4. The Balaban J connectivity index is 1.88. The zero-order valence-electron chi connectivity index (χ0n) is 17.3. The molecule has 0 aliphatic rings. The maximum absolute atomic E-state index is 13.8. The van der Waals surface area contributed by atoms with Crippen molar-refractivity contribution in [3.63, 3.8) is 0 Å². The topological polar surface area (TPSA) is 20.3 Å². The summed E-state index contributed by atoms with van der Waals surface area (Å²) in [6, 6.07) is 26.6. The van der Waals surface area contributed by atoms with Crippen LogP contribution in [0.1, 0.15) is 41.8 Å². The van der Waals surface area contributed by atoms with Crippen molar-refractivity contribution in [2.45, 2.75) is 26.7 Å². The van der Waals surface area contributed by atoms with Gasteiger partial charge in [-0.1, -0.05) is 74.5 Å². The van der Waals surface area contributed by atoms with Crippen LogP contribution < -0.4 is 4.90 Å². The number of hydrogen-bond acceptors (Lipinski definition) is 2. The molecule has 0 aliphatic heterocycles. The smallest absolute Gasteiger partial charge is 0.263 e. The lowest BCUT2D eigenvalue weighted by molar-refractivity contribution is 0.100. The van der Waals surface area contributed by atoms with E-state index in [1.54, 1.807) is 11.3 Å². The molecule has 1 heterocycles. The number of rotatable bonds is 6. The molecule has 1 amide bonds. The lowest BCUT2D eigenvalue weighted by Gasteiger charge is -2.26. The summed E-state index contributed by atoms with van der Waals surface area (Å²) in [5.74, 6) is -0.00672. The summed E-state index contributed by atoms with van der Waals surface area (Å²) in [5.41, 5.74) is 3.93. The number of anilines is 1. The van der Waals surface area contributed by atoms with E-state index < -0.39 is 0 Å². The van der Waals surface area contributed by atoms with E-state index in [2.05, 4.69) is 56.3 Å². The van der Waals surface area contributed by atoms with Crippen molar-refractivity contribution in [3.8, 4) is 0 Å². The Labute approximate surface area is 182 Å². The zero-order valence-corrected chi connectivity index (χ0v) is 18.2. The van der Waals surface area contributed by atoms with Crippen LogP contribution in [0.2, 0.25) is 0 Å². The van der Waals surface area contributed by atoms with Gasteiger partial charge in [0.1, 0.15) is 5.00 Å². The van der Waals surface area contributed by atoms with Crippen molar-refractivity contribution in [1.29, 1.82) is 0 Å². The molecule has 0 bridgehead atoms. The summed E-state index contributed by atoms with van der Waals surface area (Å²) >= 11 is 1.58. The van der Waals surface area contributed by atoms with Crippen molar-refractivity contribution in [3.05, 3.63) is 107 Å². The summed E-state index contributed by atoms with van der Waals surface area (Å²) in [4.78, 5) is 15.6. The van der Waals surface area contributed by atoms with Gasteiger partial charge in [-0.05, 0) is 58.8 Å². The van der Waals surface area contributed by atoms with Gasteiger partial charge >= 0.3 is 0 Å². The zero-order chi connectivity index (χ0) is 20.9. The van der Waals surface area contributed by atoms with Crippen molar-refractivity contribution >= 4 is 38.7 Å². The van der Waals surface area contributed by atoms with Gasteiger partial charge in [0.25, 0.3) is 5.91 Å². The van der Waals surface area contributed by atoms with Gasteiger partial charge in [-0.15, -0.1) is 11.3 Å². The highest BCUT2D eigenvalue weighted by Gasteiger charge is 2.24. The lowest BCUT2D eigenvalue weighted by atomic mass is 10.00. The molecule has 0 saturated heterocycles. The fraction of sp³-hybridized carbons (Fsp3) is 0.148. The molecule has 0 aliphatic carbocycles. The van der Waals surface area contributed by atoms with Gasteiger partial charge in [-0.2, -0.15) is 0 Å². The van der Waals surface area contributed by atoms with Crippen LogP contribution >= 0.6 is 11.3 Å². The molecule has 0 N–H and O–H groups in total. The molecule has 3 aromatic carbocycles. The SMILES string of the molecule is CC/C=C(\c1cccc2ccccc12)N(C(=O)c1ccc(CC)cc1)c1cccs1. The Kier molecular flexibility index (Phi) is 6.10. The molecule has 0 atom stereocenters. The number of carbonyl (C=O) groups is 1. The monoisotopic (exact) mass is 411 g/mol. The Morgan fingerprint density at radius 2 is 1.67 bits per heavy atom. The number of allylic oxidation sites excluding steroid dienone is 1. The van der Waals surface area contributed by atoms with E-state index in [-0.39, 0.29) is 5.91 Å². The average Bonchev–Trinajstić information content (AvgIpc) is 3.33. The molecule has 1 aromatic heterocycles. The van der Waals surface area contributed by atoms with E-state index in [1.165, 1.54) is 10.9 Å². The van der Waals surface area contributed by atoms with Gasteiger partial charge in [0, 0.05) is 11.1 Å². The van der Waals surface area contributed by atoms with Crippen LogP contribution in [-0.4, -0.2) is 5.91 Å². The van der Waals surface area contributed by atoms with E-state index in [0.29, 0.717) is 5.56 Å². The molecule has 2 nitrogen and oxygen atoms in total. The fourth-order valence-electron chi connectivity index (χ4n) is 3.70. The first-order chi connectivity index (χ1) is 14.7. The second kappa shape index (κ2) is 9.10. The van der Waals surface area contributed by atoms with Crippen LogP contribution in [0.25, 0.3) is 16.5 Å². The molecule has 0 radical (unpaired) electrons. The number of aryl methyl sites for hydroxylation is 1. The first kappa shape index (κ1) is 20.1. The van der Waals surface area contributed by atoms with Crippen molar-refractivity contribution in [2.75, 3.05) is 4.90 Å². The second-order valence-corrected chi connectivity index (χ2v) is 8.09. The van der Waals surface area contributed by atoms with E-state index in [4.69, 9.17) is 0 Å². The molecule has 0 fully saturated rings. The number of nitrogens with zero attached hydrogens (tertiary/aromatic N) is 1. The van der Waals surface area contributed by atoms with Crippen LogP contribution in [0.15, 0.2) is 90.3 Å². The highest BCUT2D eigenvalue weighted by Crippen LogP contribution is 2.35. The van der Waals surface area contributed by atoms with Gasteiger partial charge in [0.05, 0.1) is 5.70 Å². The minimum atomic E-state index is -0.00672. The standard InChI is InChI=1S/C27H25NOS/c1-3-9-25(24-13-7-11-21-10-5-6-12-23(21)24)28(26-14-8-19-30-26)27(29)22-17-15-20(4-2)16-18-22/h5-19H,3-4H2,1-2H3/b25-9+. The highest BCUT2D eigenvalue weighted by atomic mass is 32.1.